The summed E-state index contributed by atoms with van der Waals surface area (Å²) in [4.78, 5) is 14.3. The highest BCUT2D eigenvalue weighted by Crippen LogP contribution is 2.28. The lowest BCUT2D eigenvalue weighted by molar-refractivity contribution is -0.137. The van der Waals surface area contributed by atoms with Gasteiger partial charge in [0, 0.05) is 17.6 Å². The van der Waals surface area contributed by atoms with Crippen molar-refractivity contribution in [3.05, 3.63) is 22.1 Å². The topological polar surface area (TPSA) is 137 Å². The molecule has 0 spiro atoms. The van der Waals surface area contributed by atoms with Crippen LogP contribution in [-0.4, -0.2) is 59.9 Å². The van der Waals surface area contributed by atoms with E-state index in [1.54, 1.807) is 0 Å². The molecule has 0 aromatic rings. The van der Waals surface area contributed by atoms with Crippen LogP contribution in [0.25, 0.3) is 10.4 Å². The highest BCUT2D eigenvalue weighted by Gasteiger charge is 2.38. The van der Waals surface area contributed by atoms with E-state index in [4.69, 9.17) is 19.2 Å². The first-order valence-corrected chi connectivity index (χ1v) is 7.96. The van der Waals surface area contributed by atoms with Gasteiger partial charge in [0.15, 0.2) is 0 Å². The number of nitrogens with zero attached hydrogens (tertiary/aromatic N) is 3. The van der Waals surface area contributed by atoms with Crippen molar-refractivity contribution < 1.29 is 31.6 Å². The largest absolute Gasteiger partial charge is 0.466 e. The summed E-state index contributed by atoms with van der Waals surface area (Å²) < 4.78 is 42.4. The van der Waals surface area contributed by atoms with Gasteiger partial charge in [-0.25, -0.2) is 4.79 Å². The van der Waals surface area contributed by atoms with Gasteiger partial charge in [-0.3, -0.25) is 4.18 Å². The Kier molecular flexibility index (Phi) is 6.78. The average molecular weight is 335 g/mol. The third-order valence-corrected chi connectivity index (χ3v) is 3.38. The number of ether oxygens (including phenoxy) is 3. The summed E-state index contributed by atoms with van der Waals surface area (Å²) in [6.45, 7) is -0.164. The van der Waals surface area contributed by atoms with Crippen LogP contribution in [0.3, 0.4) is 0 Å². The van der Waals surface area contributed by atoms with Crippen LogP contribution in [0.4, 0.5) is 0 Å². The molecular weight excluding hydrogens is 318 g/mol. The normalized spacial score (nSPS) is 25.0. The van der Waals surface area contributed by atoms with Crippen molar-refractivity contribution >= 4 is 16.1 Å². The monoisotopic (exact) mass is 335 g/mol. The number of methoxy groups -OCH3 is 2. The van der Waals surface area contributed by atoms with Crippen LogP contribution in [-0.2, 0) is 33.3 Å². The summed E-state index contributed by atoms with van der Waals surface area (Å²) in [6.07, 6.45) is 0.170. The second-order valence-electron chi connectivity index (χ2n) is 4.46. The van der Waals surface area contributed by atoms with Crippen molar-refractivity contribution in [3.63, 3.8) is 0 Å². The van der Waals surface area contributed by atoms with Gasteiger partial charge < -0.3 is 14.2 Å². The molecule has 0 saturated carbocycles. The van der Waals surface area contributed by atoms with Gasteiger partial charge in [0.2, 0.25) is 0 Å². The molecule has 0 unspecified atom stereocenters. The van der Waals surface area contributed by atoms with Crippen LogP contribution in [0.1, 0.15) is 6.42 Å². The first-order chi connectivity index (χ1) is 10.3. The first-order valence-electron chi connectivity index (χ1n) is 6.14. The molecular formula is C11H17N3O7S. The molecule has 0 N–H and O–H groups in total. The molecule has 124 valence electrons. The Labute approximate surface area is 127 Å². The van der Waals surface area contributed by atoms with Gasteiger partial charge >= 0.3 is 5.97 Å². The molecule has 0 heterocycles. The fourth-order valence-corrected chi connectivity index (χ4v) is 2.63. The molecule has 0 aromatic carbocycles. The van der Waals surface area contributed by atoms with Crippen molar-refractivity contribution in [2.75, 3.05) is 27.3 Å². The van der Waals surface area contributed by atoms with Gasteiger partial charge in [-0.15, -0.1) is 0 Å². The number of rotatable bonds is 7. The van der Waals surface area contributed by atoms with Gasteiger partial charge in [0.25, 0.3) is 10.1 Å². The lowest BCUT2D eigenvalue weighted by Gasteiger charge is -2.32. The summed E-state index contributed by atoms with van der Waals surface area (Å²) in [7, 11) is -1.24. The second-order valence-corrected chi connectivity index (χ2v) is 6.06. The number of esters is 1. The number of azide groups is 1. The maximum atomic E-state index is 11.7. The summed E-state index contributed by atoms with van der Waals surface area (Å²) in [5.74, 6) is -0.623. The van der Waals surface area contributed by atoms with Crippen LogP contribution in [0.2, 0.25) is 0 Å². The molecule has 10 nitrogen and oxygen atoms in total. The molecule has 11 heteroatoms. The zero-order valence-corrected chi connectivity index (χ0v) is 13.1. The Morgan fingerprint density at radius 3 is 2.68 bits per heavy atom. The van der Waals surface area contributed by atoms with Gasteiger partial charge in [0.1, 0.15) is 19.0 Å². The van der Waals surface area contributed by atoms with Gasteiger partial charge in [0.05, 0.1) is 19.4 Å². The molecule has 0 aromatic heterocycles. The Morgan fingerprint density at radius 2 is 2.18 bits per heavy atom. The fraction of sp³-hybridized carbons (Fsp3) is 0.727. The Hall–Kier alpha value is -1.65. The minimum absolute atomic E-state index is 0.0240. The lowest BCUT2D eigenvalue weighted by atomic mass is 9.90. The minimum Gasteiger partial charge on any atom is -0.466 e. The van der Waals surface area contributed by atoms with Crippen LogP contribution in [0.5, 0.6) is 0 Å². The maximum Gasteiger partial charge on any atom is 0.333 e. The van der Waals surface area contributed by atoms with Crippen molar-refractivity contribution in [1.82, 2.24) is 0 Å². The highest BCUT2D eigenvalue weighted by atomic mass is 32.2. The molecule has 1 aliphatic carbocycles. The standard InChI is InChI=1S/C11H17N3O7S/c1-18-6-20-9-5-7(11(15)19-2)4-8(13-14-12)10(9)21-22(3,16)17/h5,8-10H,4,6H2,1-3H3/t8-,9-,10+/m1/s1. The fourth-order valence-electron chi connectivity index (χ4n) is 1.99. The van der Waals surface area contributed by atoms with E-state index in [0.717, 1.165) is 6.26 Å². The molecule has 22 heavy (non-hydrogen) atoms. The van der Waals surface area contributed by atoms with Crippen LogP contribution < -0.4 is 0 Å². The zero-order valence-electron chi connectivity index (χ0n) is 12.3. The van der Waals surface area contributed by atoms with E-state index in [1.807, 2.05) is 0 Å². The molecule has 3 atom stereocenters. The van der Waals surface area contributed by atoms with E-state index < -0.39 is 34.3 Å². The molecule has 1 aliphatic rings. The third-order valence-electron chi connectivity index (χ3n) is 2.81. The Morgan fingerprint density at radius 1 is 1.50 bits per heavy atom. The van der Waals surface area contributed by atoms with Crippen molar-refractivity contribution in [3.8, 4) is 0 Å². The van der Waals surface area contributed by atoms with E-state index >= 15 is 0 Å². The minimum atomic E-state index is -3.83. The van der Waals surface area contributed by atoms with Crippen LogP contribution in [0, 0.1) is 0 Å². The van der Waals surface area contributed by atoms with Crippen molar-refractivity contribution in [2.45, 2.75) is 24.7 Å². The number of hydrogen-bond acceptors (Lipinski definition) is 8. The second kappa shape index (κ2) is 8.11. The first kappa shape index (κ1) is 18.4. The highest BCUT2D eigenvalue weighted by molar-refractivity contribution is 7.86. The summed E-state index contributed by atoms with van der Waals surface area (Å²) in [5.41, 5.74) is 8.83. The van der Waals surface area contributed by atoms with Gasteiger partial charge in [-0.2, -0.15) is 8.42 Å². The Balaban J connectivity index is 3.17. The maximum absolute atomic E-state index is 11.7. The van der Waals surface area contributed by atoms with E-state index in [0.29, 0.717) is 0 Å². The molecule has 0 bridgehead atoms. The van der Waals surface area contributed by atoms with Crippen LogP contribution in [0.15, 0.2) is 16.8 Å². The van der Waals surface area contributed by atoms with Gasteiger partial charge in [-0.1, -0.05) is 5.11 Å². The summed E-state index contributed by atoms with van der Waals surface area (Å²) >= 11 is 0. The van der Waals surface area contributed by atoms with E-state index in [1.165, 1.54) is 20.3 Å². The van der Waals surface area contributed by atoms with E-state index in [2.05, 4.69) is 14.8 Å². The smallest absolute Gasteiger partial charge is 0.333 e. The quantitative estimate of drug-likeness (QED) is 0.165. The zero-order chi connectivity index (χ0) is 16.8. The number of carbonyl (C=O) groups excluding carboxylic acids is 1. The molecule has 0 aliphatic heterocycles. The summed E-state index contributed by atoms with van der Waals surface area (Å²) in [5, 5.41) is 3.50. The predicted molar refractivity (Wildman–Crippen MR) is 74.1 cm³/mol. The lowest BCUT2D eigenvalue weighted by Crippen LogP contribution is -2.44. The van der Waals surface area contributed by atoms with E-state index in [-0.39, 0.29) is 18.8 Å². The number of carbonyl (C=O) groups is 1. The van der Waals surface area contributed by atoms with Crippen LogP contribution >= 0.6 is 0 Å². The SMILES string of the molecule is COCO[C@@H]1C=C(C(=O)OC)C[C@@H](N=[N+]=[N-])[C@@H]1OS(C)(=O)=O. The average Bonchev–Trinajstić information content (AvgIpc) is 2.45. The van der Waals surface area contributed by atoms with E-state index in [9.17, 15) is 13.2 Å². The summed E-state index contributed by atoms with van der Waals surface area (Å²) in [6, 6.07) is -0.944. The third kappa shape index (κ3) is 5.28. The van der Waals surface area contributed by atoms with Crippen molar-refractivity contribution in [2.24, 2.45) is 5.11 Å². The molecule has 0 amide bonds. The molecule has 0 radical (unpaired) electrons. The Bertz CT molecular complexity index is 582. The molecule has 0 saturated heterocycles. The molecule has 0 fully saturated rings. The number of hydrogen-bond donors (Lipinski definition) is 0. The molecule has 1 rings (SSSR count). The predicted octanol–water partition coefficient (Wildman–Crippen LogP) is 0.502. The van der Waals surface area contributed by atoms with Gasteiger partial charge in [-0.05, 0) is 18.0 Å². The van der Waals surface area contributed by atoms with Crippen molar-refractivity contribution in [1.29, 1.82) is 0 Å².